The van der Waals surface area contributed by atoms with Crippen LogP contribution >= 0.6 is 0 Å². The highest BCUT2D eigenvalue weighted by Gasteiger charge is 2.10. The third-order valence-corrected chi connectivity index (χ3v) is 2.67. The van der Waals surface area contributed by atoms with Gasteiger partial charge in [-0.05, 0) is 27.2 Å². The normalized spacial score (nSPS) is 9.32. The summed E-state index contributed by atoms with van der Waals surface area (Å²) in [6.45, 7) is 6.10. The van der Waals surface area contributed by atoms with Crippen LogP contribution in [0, 0.1) is 0 Å². The lowest BCUT2D eigenvalue weighted by Gasteiger charge is -2.24. The van der Waals surface area contributed by atoms with E-state index in [1.54, 1.807) is 13.2 Å². The zero-order valence-corrected chi connectivity index (χ0v) is 15.3. The van der Waals surface area contributed by atoms with Crippen molar-refractivity contribution >= 4 is 17.1 Å². The summed E-state index contributed by atoms with van der Waals surface area (Å²) in [6.07, 6.45) is 1.25. The van der Waals surface area contributed by atoms with E-state index in [2.05, 4.69) is 29.4 Å². The molecule has 0 amide bonds. The molecule has 0 saturated heterocycles. The number of hydrogen-bond donors (Lipinski definition) is 3. The number of ether oxygens (including phenoxy) is 1. The predicted molar refractivity (Wildman–Crippen MR) is 99.7 cm³/mol. The number of nitrogens with two attached hydrogens (primary N) is 3. The van der Waals surface area contributed by atoms with Crippen LogP contribution in [-0.4, -0.2) is 53.3 Å². The van der Waals surface area contributed by atoms with Crippen molar-refractivity contribution in [3.8, 4) is 5.75 Å². The summed E-state index contributed by atoms with van der Waals surface area (Å²) in [5, 5.41) is 0. The van der Waals surface area contributed by atoms with Crippen molar-refractivity contribution < 1.29 is 4.74 Å². The first kappa shape index (κ1) is 22.6. The summed E-state index contributed by atoms with van der Waals surface area (Å²) in [6, 6.07) is 3.61. The van der Waals surface area contributed by atoms with E-state index in [0.29, 0.717) is 17.1 Å². The van der Waals surface area contributed by atoms with Crippen LogP contribution in [0.5, 0.6) is 5.75 Å². The molecule has 0 atom stereocenters. The standard InChI is InChI=1S/C12H22N4O.C3H8.CH5N/c1-15(2)5-6-16(3)11-8-12(17-4)10(14)7-9(11)13;1-3-2;1-2/h7-8H,5-6,13-14H2,1-4H3;3H2,1-2H3;2H2,1H3. The van der Waals surface area contributed by atoms with E-state index in [1.165, 1.54) is 13.5 Å². The van der Waals surface area contributed by atoms with E-state index >= 15 is 0 Å². The quantitative estimate of drug-likeness (QED) is 0.718. The van der Waals surface area contributed by atoms with Gasteiger partial charge in [0.05, 0.1) is 24.2 Å². The maximum Gasteiger partial charge on any atom is 0.143 e. The van der Waals surface area contributed by atoms with Crippen LogP contribution in [0.3, 0.4) is 0 Å². The highest BCUT2D eigenvalue weighted by Crippen LogP contribution is 2.32. The number of rotatable bonds is 5. The van der Waals surface area contributed by atoms with Gasteiger partial charge in [0, 0.05) is 26.2 Å². The van der Waals surface area contributed by atoms with E-state index in [0.717, 1.165) is 18.8 Å². The van der Waals surface area contributed by atoms with Gasteiger partial charge >= 0.3 is 0 Å². The molecule has 1 aromatic rings. The molecule has 22 heavy (non-hydrogen) atoms. The molecule has 0 spiro atoms. The first-order valence-corrected chi connectivity index (χ1v) is 7.53. The Balaban J connectivity index is 0. The van der Waals surface area contributed by atoms with Crippen molar-refractivity contribution in [2.24, 2.45) is 5.73 Å². The summed E-state index contributed by atoms with van der Waals surface area (Å²) in [4.78, 5) is 4.22. The maximum absolute atomic E-state index is 5.96. The molecule has 0 aliphatic heterocycles. The Morgan fingerprint density at radius 2 is 1.45 bits per heavy atom. The number of nitrogens with zero attached hydrogens (tertiary/aromatic N) is 2. The molecule has 130 valence electrons. The van der Waals surface area contributed by atoms with Crippen LogP contribution < -0.4 is 26.8 Å². The Morgan fingerprint density at radius 1 is 0.955 bits per heavy atom. The number of likely N-dealkylation sites (N-methyl/N-ethyl adjacent to an activating group) is 2. The number of methoxy groups -OCH3 is 1. The molecule has 6 nitrogen and oxygen atoms in total. The molecule has 0 radical (unpaired) electrons. The van der Waals surface area contributed by atoms with Gasteiger partial charge in [0.1, 0.15) is 5.75 Å². The second-order valence-electron chi connectivity index (χ2n) is 5.08. The molecule has 0 fully saturated rings. The summed E-state index contributed by atoms with van der Waals surface area (Å²) in [5.74, 6) is 0.658. The predicted octanol–water partition coefficient (Wildman–Crippen LogP) is 1.85. The fraction of sp³-hybridized carbons (Fsp3) is 0.625. The lowest BCUT2D eigenvalue weighted by molar-refractivity contribution is 0.413. The van der Waals surface area contributed by atoms with Gasteiger partial charge < -0.3 is 31.7 Å². The van der Waals surface area contributed by atoms with Gasteiger partial charge in [-0.1, -0.05) is 20.3 Å². The summed E-state index contributed by atoms with van der Waals surface area (Å²) in [7, 11) is 9.19. The summed E-state index contributed by atoms with van der Waals surface area (Å²) in [5.41, 5.74) is 18.4. The Kier molecular flexibility index (Phi) is 13.4. The molecule has 1 aromatic carbocycles. The van der Waals surface area contributed by atoms with Gasteiger partial charge in [-0.15, -0.1) is 0 Å². The largest absolute Gasteiger partial charge is 0.495 e. The Hall–Kier alpha value is -1.66. The van der Waals surface area contributed by atoms with Crippen LogP contribution in [-0.2, 0) is 0 Å². The maximum atomic E-state index is 5.96. The van der Waals surface area contributed by atoms with Crippen molar-refractivity contribution in [2.75, 3.05) is 64.8 Å². The number of nitrogen functional groups attached to an aromatic ring is 2. The van der Waals surface area contributed by atoms with Gasteiger partial charge in [-0.3, -0.25) is 0 Å². The molecule has 1 rings (SSSR count). The van der Waals surface area contributed by atoms with Gasteiger partial charge in [0.25, 0.3) is 0 Å². The molecule has 6 heteroatoms. The minimum absolute atomic E-state index is 0.565. The van der Waals surface area contributed by atoms with E-state index < -0.39 is 0 Å². The molecule has 0 bridgehead atoms. The topological polar surface area (TPSA) is 93.8 Å². The van der Waals surface area contributed by atoms with Crippen molar-refractivity contribution in [1.29, 1.82) is 0 Å². The monoisotopic (exact) mass is 313 g/mol. The minimum Gasteiger partial charge on any atom is -0.495 e. The highest BCUT2D eigenvalue weighted by atomic mass is 16.5. The van der Waals surface area contributed by atoms with Gasteiger partial charge in [0.2, 0.25) is 0 Å². The van der Waals surface area contributed by atoms with Crippen molar-refractivity contribution in [1.82, 2.24) is 4.90 Å². The lowest BCUT2D eigenvalue weighted by Crippen LogP contribution is -2.29. The number of hydrogen-bond acceptors (Lipinski definition) is 6. The first-order chi connectivity index (χ1) is 10.4. The minimum atomic E-state index is 0.565. The Bertz CT molecular complexity index is 396. The average molecular weight is 313 g/mol. The van der Waals surface area contributed by atoms with Crippen LogP contribution in [0.2, 0.25) is 0 Å². The second-order valence-corrected chi connectivity index (χ2v) is 5.08. The fourth-order valence-corrected chi connectivity index (χ4v) is 1.58. The first-order valence-electron chi connectivity index (χ1n) is 7.53. The molecular formula is C16H35N5O. The van der Waals surface area contributed by atoms with E-state index in [-0.39, 0.29) is 0 Å². The smallest absolute Gasteiger partial charge is 0.143 e. The SMILES string of the molecule is CCC.CN.COc1cc(N(C)CCN(C)C)c(N)cc1N. The van der Waals surface area contributed by atoms with E-state index in [1.807, 2.05) is 27.2 Å². The zero-order valence-electron chi connectivity index (χ0n) is 15.3. The molecule has 0 heterocycles. The van der Waals surface area contributed by atoms with Crippen LogP contribution in [0.25, 0.3) is 0 Å². The van der Waals surface area contributed by atoms with E-state index in [9.17, 15) is 0 Å². The van der Waals surface area contributed by atoms with Crippen LogP contribution in [0.4, 0.5) is 17.1 Å². The van der Waals surface area contributed by atoms with Crippen LogP contribution in [0.15, 0.2) is 12.1 Å². The van der Waals surface area contributed by atoms with Gasteiger partial charge in [-0.2, -0.15) is 0 Å². The molecular weight excluding hydrogens is 278 g/mol. The molecule has 0 aromatic heterocycles. The zero-order chi connectivity index (χ0) is 17.7. The molecule has 0 aliphatic carbocycles. The third kappa shape index (κ3) is 8.59. The van der Waals surface area contributed by atoms with Crippen molar-refractivity contribution in [3.63, 3.8) is 0 Å². The summed E-state index contributed by atoms with van der Waals surface area (Å²) < 4.78 is 5.20. The Labute approximate surface area is 136 Å². The van der Waals surface area contributed by atoms with Gasteiger partial charge in [-0.25, -0.2) is 0 Å². The molecule has 0 aliphatic rings. The van der Waals surface area contributed by atoms with Crippen LogP contribution in [0.1, 0.15) is 20.3 Å². The second kappa shape index (κ2) is 13.0. The molecule has 0 saturated carbocycles. The average Bonchev–Trinajstić information content (AvgIpc) is 2.48. The molecule has 0 unspecified atom stereocenters. The van der Waals surface area contributed by atoms with Crippen molar-refractivity contribution in [3.05, 3.63) is 12.1 Å². The fourth-order valence-electron chi connectivity index (χ4n) is 1.58. The molecule has 6 N–H and O–H groups in total. The van der Waals surface area contributed by atoms with E-state index in [4.69, 9.17) is 16.2 Å². The summed E-state index contributed by atoms with van der Waals surface area (Å²) >= 11 is 0. The van der Waals surface area contributed by atoms with Crippen molar-refractivity contribution in [2.45, 2.75) is 20.3 Å². The number of anilines is 3. The third-order valence-electron chi connectivity index (χ3n) is 2.67. The van der Waals surface area contributed by atoms with Gasteiger partial charge in [0.15, 0.2) is 0 Å². The number of benzene rings is 1. The lowest BCUT2D eigenvalue weighted by atomic mass is 10.2. The Morgan fingerprint density at radius 3 is 1.86 bits per heavy atom. The highest BCUT2D eigenvalue weighted by molar-refractivity contribution is 5.76.